The minimum atomic E-state index is -0.852. The van der Waals surface area contributed by atoms with Crippen LogP contribution in [0.1, 0.15) is 18.9 Å². The molecule has 1 fully saturated rings. The van der Waals surface area contributed by atoms with Gasteiger partial charge in [0, 0.05) is 18.5 Å². The maximum atomic E-state index is 13.4. The molecule has 3 nitrogen and oxygen atoms in total. The maximum Gasteiger partial charge on any atom is 0.326 e. The van der Waals surface area contributed by atoms with Crippen LogP contribution in [0.15, 0.2) is 18.2 Å². The Morgan fingerprint density at radius 1 is 1.41 bits per heavy atom. The largest absolute Gasteiger partial charge is 0.464 e. The quantitative estimate of drug-likeness (QED) is 0.819. The van der Waals surface area contributed by atoms with E-state index in [1.165, 1.54) is 18.2 Å². The maximum absolute atomic E-state index is 13.4. The molecule has 0 aliphatic carbocycles. The summed E-state index contributed by atoms with van der Waals surface area (Å²) in [6, 6.07) is 3.69. The molecule has 0 amide bonds. The Balaban J connectivity index is 2.10. The van der Waals surface area contributed by atoms with Crippen molar-refractivity contribution in [1.82, 2.24) is 5.32 Å². The van der Waals surface area contributed by atoms with Gasteiger partial charge in [-0.1, -0.05) is 6.07 Å². The van der Waals surface area contributed by atoms with Crippen molar-refractivity contribution in [3.8, 4) is 0 Å². The van der Waals surface area contributed by atoms with E-state index < -0.39 is 17.2 Å². The van der Waals surface area contributed by atoms with Gasteiger partial charge in [0.25, 0.3) is 0 Å². The summed E-state index contributed by atoms with van der Waals surface area (Å²) >= 11 is 0. The number of esters is 1. The van der Waals surface area contributed by atoms with E-state index >= 15 is 0 Å². The van der Waals surface area contributed by atoms with Gasteiger partial charge in [-0.3, -0.25) is 10.1 Å². The normalized spacial score (nSPS) is 23.8. The third kappa shape index (κ3) is 2.29. The number of hydrogen-bond donors (Lipinski definition) is 1. The molecule has 2 rings (SSSR count). The monoisotopic (exact) mass is 241 g/mol. The summed E-state index contributed by atoms with van der Waals surface area (Å²) in [5.41, 5.74) is -0.914. The summed E-state index contributed by atoms with van der Waals surface area (Å²) in [6.45, 7) is 1.97. The molecule has 1 aromatic carbocycles. The third-order valence-corrected chi connectivity index (χ3v) is 3.00. The molecule has 1 saturated heterocycles. The molecule has 0 spiro atoms. The van der Waals surface area contributed by atoms with E-state index in [0.29, 0.717) is 13.0 Å². The number of benzene rings is 1. The van der Waals surface area contributed by atoms with Crippen LogP contribution in [0, 0.1) is 11.6 Å². The molecule has 5 heteroatoms. The van der Waals surface area contributed by atoms with Crippen molar-refractivity contribution >= 4 is 5.97 Å². The standard InChI is InChI=1S/C12H13F2NO2/c1-12(5-6-17-11(12)16)15-7-8-9(13)3-2-4-10(8)14/h2-4,15H,5-7H2,1H3. The highest BCUT2D eigenvalue weighted by Crippen LogP contribution is 2.21. The van der Waals surface area contributed by atoms with Crippen LogP contribution in [0.25, 0.3) is 0 Å². The smallest absolute Gasteiger partial charge is 0.326 e. The van der Waals surface area contributed by atoms with Crippen molar-refractivity contribution in [2.24, 2.45) is 0 Å². The predicted molar refractivity (Wildman–Crippen MR) is 57.2 cm³/mol. The van der Waals surface area contributed by atoms with Crippen molar-refractivity contribution in [1.29, 1.82) is 0 Å². The number of carbonyl (C=O) groups is 1. The van der Waals surface area contributed by atoms with Gasteiger partial charge in [0.1, 0.15) is 17.2 Å². The summed E-state index contributed by atoms with van der Waals surface area (Å²) in [5, 5.41) is 2.85. The first-order chi connectivity index (χ1) is 8.03. The van der Waals surface area contributed by atoms with Gasteiger partial charge in [-0.15, -0.1) is 0 Å². The lowest BCUT2D eigenvalue weighted by molar-refractivity contribution is -0.143. The molecule has 0 saturated carbocycles. The van der Waals surface area contributed by atoms with Crippen molar-refractivity contribution in [3.05, 3.63) is 35.4 Å². The molecule has 1 aliphatic rings. The van der Waals surface area contributed by atoms with Gasteiger partial charge >= 0.3 is 5.97 Å². The molecule has 0 aromatic heterocycles. The molecule has 1 aromatic rings. The second-order valence-corrected chi connectivity index (χ2v) is 4.27. The molecule has 0 bridgehead atoms. The van der Waals surface area contributed by atoms with E-state index in [0.717, 1.165) is 0 Å². The van der Waals surface area contributed by atoms with E-state index in [4.69, 9.17) is 4.74 Å². The van der Waals surface area contributed by atoms with Crippen LogP contribution in [0.3, 0.4) is 0 Å². The Morgan fingerprint density at radius 3 is 2.59 bits per heavy atom. The zero-order valence-electron chi connectivity index (χ0n) is 9.43. The number of halogens is 2. The minimum absolute atomic E-state index is 0.0376. The van der Waals surface area contributed by atoms with Crippen LogP contribution < -0.4 is 5.32 Å². The predicted octanol–water partition coefficient (Wildman–Crippen LogP) is 1.76. The van der Waals surface area contributed by atoms with E-state index in [1.807, 2.05) is 0 Å². The SMILES string of the molecule is CC1(NCc2c(F)cccc2F)CCOC1=O. The van der Waals surface area contributed by atoms with Crippen LogP contribution >= 0.6 is 0 Å². The van der Waals surface area contributed by atoms with Crippen LogP contribution in [-0.2, 0) is 16.1 Å². The third-order valence-electron chi connectivity index (χ3n) is 3.00. The number of ether oxygens (including phenoxy) is 1. The highest BCUT2D eigenvalue weighted by molar-refractivity contribution is 5.82. The molecular weight excluding hydrogens is 228 g/mol. The molecule has 1 atom stereocenters. The van der Waals surface area contributed by atoms with Gasteiger partial charge in [0.2, 0.25) is 0 Å². The van der Waals surface area contributed by atoms with Gasteiger partial charge < -0.3 is 4.74 Å². The highest BCUT2D eigenvalue weighted by atomic mass is 19.1. The molecule has 1 heterocycles. The molecule has 17 heavy (non-hydrogen) atoms. The van der Waals surface area contributed by atoms with Crippen LogP contribution in [0.2, 0.25) is 0 Å². The Bertz CT molecular complexity index is 430. The minimum Gasteiger partial charge on any atom is -0.464 e. The number of hydrogen-bond acceptors (Lipinski definition) is 3. The highest BCUT2D eigenvalue weighted by Gasteiger charge is 2.39. The van der Waals surface area contributed by atoms with Gasteiger partial charge in [-0.05, 0) is 19.1 Å². The number of carbonyl (C=O) groups excluding carboxylic acids is 1. The first-order valence-corrected chi connectivity index (χ1v) is 5.38. The van der Waals surface area contributed by atoms with E-state index in [2.05, 4.69) is 5.32 Å². The Morgan fingerprint density at radius 2 is 2.06 bits per heavy atom. The van der Waals surface area contributed by atoms with E-state index in [-0.39, 0.29) is 18.1 Å². The summed E-state index contributed by atoms with van der Waals surface area (Å²) in [5.74, 6) is -1.62. The first kappa shape index (κ1) is 12.0. The van der Waals surface area contributed by atoms with Gasteiger partial charge in [0.15, 0.2) is 0 Å². The Kier molecular flexibility index (Phi) is 3.11. The van der Waals surface area contributed by atoms with Crippen molar-refractivity contribution in [3.63, 3.8) is 0 Å². The average Bonchev–Trinajstić information content (AvgIpc) is 2.59. The van der Waals surface area contributed by atoms with Crippen molar-refractivity contribution in [2.75, 3.05) is 6.61 Å². The summed E-state index contributed by atoms with van der Waals surface area (Å²) in [6.07, 6.45) is 0.502. The zero-order chi connectivity index (χ0) is 12.5. The fourth-order valence-electron chi connectivity index (χ4n) is 1.75. The lowest BCUT2D eigenvalue weighted by Gasteiger charge is -2.21. The van der Waals surface area contributed by atoms with Gasteiger partial charge in [-0.25, -0.2) is 8.78 Å². The van der Waals surface area contributed by atoms with Crippen molar-refractivity contribution < 1.29 is 18.3 Å². The molecule has 0 radical (unpaired) electrons. The Hall–Kier alpha value is -1.49. The molecular formula is C12H13F2NO2. The van der Waals surface area contributed by atoms with Crippen molar-refractivity contribution in [2.45, 2.75) is 25.4 Å². The van der Waals surface area contributed by atoms with Crippen LogP contribution in [0.5, 0.6) is 0 Å². The summed E-state index contributed by atoms with van der Waals surface area (Å²) in [4.78, 5) is 11.4. The fourth-order valence-corrected chi connectivity index (χ4v) is 1.75. The van der Waals surface area contributed by atoms with Gasteiger partial charge in [0.05, 0.1) is 6.61 Å². The summed E-state index contributed by atoms with van der Waals surface area (Å²) < 4.78 is 31.5. The number of rotatable bonds is 3. The second-order valence-electron chi connectivity index (χ2n) is 4.27. The average molecular weight is 241 g/mol. The second kappa shape index (κ2) is 4.41. The zero-order valence-corrected chi connectivity index (χ0v) is 9.43. The summed E-state index contributed by atoms with van der Waals surface area (Å²) in [7, 11) is 0. The molecule has 1 aliphatic heterocycles. The van der Waals surface area contributed by atoms with Gasteiger partial charge in [-0.2, -0.15) is 0 Å². The first-order valence-electron chi connectivity index (χ1n) is 5.38. The molecule has 92 valence electrons. The lowest BCUT2D eigenvalue weighted by atomic mass is 10.0. The van der Waals surface area contributed by atoms with E-state index in [9.17, 15) is 13.6 Å². The fraction of sp³-hybridized carbons (Fsp3) is 0.417. The van der Waals surface area contributed by atoms with E-state index in [1.54, 1.807) is 6.92 Å². The topological polar surface area (TPSA) is 38.3 Å². The van der Waals surface area contributed by atoms with Crippen LogP contribution in [0.4, 0.5) is 8.78 Å². The molecule has 1 unspecified atom stereocenters. The number of nitrogens with one attached hydrogen (secondary N) is 1. The van der Waals surface area contributed by atoms with Crippen LogP contribution in [-0.4, -0.2) is 18.1 Å². The molecule has 1 N–H and O–H groups in total. The Labute approximate surface area is 97.8 Å². The number of cyclic esters (lactones) is 1. The lowest BCUT2D eigenvalue weighted by Crippen LogP contribution is -2.46.